The summed E-state index contributed by atoms with van der Waals surface area (Å²) >= 11 is 0. The van der Waals surface area contributed by atoms with Crippen LogP contribution in [0.15, 0.2) is 18.3 Å². The van der Waals surface area contributed by atoms with Crippen LogP contribution in [0.1, 0.15) is 18.9 Å². The largest absolute Gasteiger partial charge is 0.263 e. The molecule has 0 amide bonds. The summed E-state index contributed by atoms with van der Waals surface area (Å²) in [5.74, 6) is 0.731. The fraction of sp³-hybridized carbons (Fsp3) is 0.400. The van der Waals surface area contributed by atoms with Gasteiger partial charge in [0.2, 0.25) is 0 Å². The van der Waals surface area contributed by atoms with Gasteiger partial charge in [-0.15, -0.1) is 0 Å². The van der Waals surface area contributed by atoms with E-state index in [9.17, 15) is 0 Å². The van der Waals surface area contributed by atoms with Crippen LogP contribution in [0.4, 0.5) is 5.82 Å². The molecule has 0 atom stereocenters. The number of anilines is 1. The van der Waals surface area contributed by atoms with E-state index in [1.807, 2.05) is 26.0 Å². The molecule has 3 nitrogen and oxygen atoms in total. The molecule has 0 bridgehead atoms. The standard InChI is InChI=1S/C10H13N3/c1-3-6-13(8-11)10-5-4-9(2)7-12-10/h4-5,7H,3,6H2,1-2H3. The second-order valence-electron chi connectivity index (χ2n) is 2.95. The summed E-state index contributed by atoms with van der Waals surface area (Å²) in [7, 11) is 0. The summed E-state index contributed by atoms with van der Waals surface area (Å²) in [5.41, 5.74) is 1.11. The molecule has 0 unspecified atom stereocenters. The van der Waals surface area contributed by atoms with Gasteiger partial charge in [0.1, 0.15) is 5.82 Å². The van der Waals surface area contributed by atoms with Crippen LogP contribution in [0.3, 0.4) is 0 Å². The van der Waals surface area contributed by atoms with Gasteiger partial charge in [-0.1, -0.05) is 13.0 Å². The highest BCUT2D eigenvalue weighted by Crippen LogP contribution is 2.09. The summed E-state index contributed by atoms with van der Waals surface area (Å²) < 4.78 is 0. The predicted molar refractivity (Wildman–Crippen MR) is 52.2 cm³/mol. The maximum atomic E-state index is 8.82. The van der Waals surface area contributed by atoms with Crippen LogP contribution in [0.5, 0.6) is 0 Å². The molecule has 0 aliphatic carbocycles. The summed E-state index contributed by atoms with van der Waals surface area (Å²) in [6.45, 7) is 4.75. The first-order valence-electron chi connectivity index (χ1n) is 4.38. The predicted octanol–water partition coefficient (Wildman–Crippen LogP) is 2.09. The van der Waals surface area contributed by atoms with Crippen molar-refractivity contribution in [2.45, 2.75) is 20.3 Å². The van der Waals surface area contributed by atoms with E-state index in [0.29, 0.717) is 0 Å². The third-order valence-electron chi connectivity index (χ3n) is 1.74. The number of rotatable bonds is 3. The molecule has 0 spiro atoms. The van der Waals surface area contributed by atoms with E-state index in [1.54, 1.807) is 11.1 Å². The number of aromatic nitrogens is 1. The zero-order chi connectivity index (χ0) is 9.68. The molecule has 0 fully saturated rings. The normalized spacial score (nSPS) is 9.31. The Morgan fingerprint density at radius 2 is 2.31 bits per heavy atom. The quantitative estimate of drug-likeness (QED) is 0.521. The second kappa shape index (κ2) is 4.46. The van der Waals surface area contributed by atoms with E-state index in [-0.39, 0.29) is 0 Å². The zero-order valence-electron chi connectivity index (χ0n) is 7.99. The highest BCUT2D eigenvalue weighted by atomic mass is 15.2. The molecule has 0 radical (unpaired) electrons. The van der Waals surface area contributed by atoms with Crippen LogP contribution >= 0.6 is 0 Å². The number of hydrogen-bond acceptors (Lipinski definition) is 3. The monoisotopic (exact) mass is 175 g/mol. The lowest BCUT2D eigenvalue weighted by atomic mass is 10.3. The number of nitrogens with zero attached hydrogens (tertiary/aromatic N) is 3. The van der Waals surface area contributed by atoms with Crippen LogP contribution in [-0.4, -0.2) is 11.5 Å². The molecule has 3 heteroatoms. The van der Waals surface area contributed by atoms with Gasteiger partial charge in [0.15, 0.2) is 6.19 Å². The third-order valence-corrected chi connectivity index (χ3v) is 1.74. The molecule has 1 rings (SSSR count). The average Bonchev–Trinajstić information content (AvgIpc) is 2.16. The van der Waals surface area contributed by atoms with Crippen LogP contribution in [-0.2, 0) is 0 Å². The highest BCUT2D eigenvalue weighted by Gasteiger charge is 2.03. The molecule has 0 aliphatic heterocycles. The van der Waals surface area contributed by atoms with Gasteiger partial charge in [-0.05, 0) is 25.0 Å². The van der Waals surface area contributed by atoms with Gasteiger partial charge in [-0.25, -0.2) is 4.98 Å². The third kappa shape index (κ3) is 2.45. The molecular weight excluding hydrogens is 162 g/mol. The Morgan fingerprint density at radius 1 is 1.54 bits per heavy atom. The fourth-order valence-corrected chi connectivity index (χ4v) is 1.06. The van der Waals surface area contributed by atoms with E-state index >= 15 is 0 Å². The van der Waals surface area contributed by atoms with Gasteiger partial charge in [-0.3, -0.25) is 4.90 Å². The van der Waals surface area contributed by atoms with E-state index < -0.39 is 0 Å². The summed E-state index contributed by atoms with van der Waals surface area (Å²) in [6.07, 6.45) is 4.83. The zero-order valence-corrected chi connectivity index (χ0v) is 7.99. The van der Waals surface area contributed by atoms with E-state index in [2.05, 4.69) is 11.2 Å². The first-order chi connectivity index (χ1) is 6.27. The molecule has 0 aliphatic rings. The first-order valence-corrected chi connectivity index (χ1v) is 4.38. The first kappa shape index (κ1) is 9.53. The van der Waals surface area contributed by atoms with Crippen molar-refractivity contribution in [1.29, 1.82) is 5.26 Å². The maximum absolute atomic E-state index is 8.82. The lowest BCUT2D eigenvalue weighted by molar-refractivity contribution is 0.872. The van der Waals surface area contributed by atoms with Crippen molar-refractivity contribution in [2.24, 2.45) is 0 Å². The van der Waals surface area contributed by atoms with Crippen LogP contribution < -0.4 is 4.90 Å². The van der Waals surface area contributed by atoms with Crippen molar-refractivity contribution >= 4 is 5.82 Å². The number of aryl methyl sites for hydroxylation is 1. The molecular formula is C10H13N3. The minimum absolute atomic E-state index is 0.729. The molecule has 0 saturated heterocycles. The molecule has 68 valence electrons. The lowest BCUT2D eigenvalue weighted by Gasteiger charge is -2.12. The Bertz CT molecular complexity index is 297. The Labute approximate surface area is 78.6 Å². The van der Waals surface area contributed by atoms with E-state index in [0.717, 1.165) is 24.3 Å². The Hall–Kier alpha value is -1.56. The highest BCUT2D eigenvalue weighted by molar-refractivity contribution is 5.43. The SMILES string of the molecule is CCCN(C#N)c1ccc(C)cn1. The Balaban J connectivity index is 2.81. The molecule has 13 heavy (non-hydrogen) atoms. The van der Waals surface area contributed by atoms with Gasteiger partial charge in [-0.2, -0.15) is 5.26 Å². The van der Waals surface area contributed by atoms with Crippen molar-refractivity contribution in [3.05, 3.63) is 23.9 Å². The van der Waals surface area contributed by atoms with Gasteiger partial charge >= 0.3 is 0 Å². The van der Waals surface area contributed by atoms with Gasteiger partial charge in [0.25, 0.3) is 0 Å². The molecule has 1 aromatic rings. The fourth-order valence-electron chi connectivity index (χ4n) is 1.06. The van der Waals surface area contributed by atoms with Crippen LogP contribution in [0, 0.1) is 18.4 Å². The lowest BCUT2D eigenvalue weighted by Crippen LogP contribution is -2.18. The maximum Gasteiger partial charge on any atom is 0.185 e. The van der Waals surface area contributed by atoms with Gasteiger partial charge in [0, 0.05) is 12.7 Å². The molecule has 0 N–H and O–H groups in total. The molecule has 1 aromatic heterocycles. The van der Waals surface area contributed by atoms with Crippen molar-refractivity contribution in [3.63, 3.8) is 0 Å². The number of pyridine rings is 1. The van der Waals surface area contributed by atoms with Crippen molar-refractivity contribution in [1.82, 2.24) is 4.98 Å². The van der Waals surface area contributed by atoms with E-state index in [4.69, 9.17) is 5.26 Å². The van der Waals surface area contributed by atoms with Gasteiger partial charge in [0.05, 0.1) is 0 Å². The van der Waals surface area contributed by atoms with Crippen molar-refractivity contribution in [2.75, 3.05) is 11.4 Å². The topological polar surface area (TPSA) is 39.9 Å². The minimum Gasteiger partial charge on any atom is -0.263 e. The average molecular weight is 175 g/mol. The second-order valence-corrected chi connectivity index (χ2v) is 2.95. The van der Waals surface area contributed by atoms with Crippen LogP contribution in [0.25, 0.3) is 0 Å². The summed E-state index contributed by atoms with van der Waals surface area (Å²) in [6, 6.07) is 3.83. The van der Waals surface area contributed by atoms with Crippen molar-refractivity contribution < 1.29 is 0 Å². The number of hydrogen-bond donors (Lipinski definition) is 0. The van der Waals surface area contributed by atoms with Gasteiger partial charge < -0.3 is 0 Å². The van der Waals surface area contributed by atoms with Crippen LogP contribution in [0.2, 0.25) is 0 Å². The smallest absolute Gasteiger partial charge is 0.185 e. The van der Waals surface area contributed by atoms with Crippen molar-refractivity contribution in [3.8, 4) is 6.19 Å². The molecule has 0 aromatic carbocycles. The summed E-state index contributed by atoms with van der Waals surface area (Å²) in [5, 5.41) is 8.82. The minimum atomic E-state index is 0.729. The summed E-state index contributed by atoms with van der Waals surface area (Å²) in [4.78, 5) is 5.77. The Morgan fingerprint density at radius 3 is 2.77 bits per heavy atom. The number of nitriles is 1. The molecule has 0 saturated carbocycles. The molecule has 1 heterocycles. The van der Waals surface area contributed by atoms with E-state index in [1.165, 1.54) is 0 Å². The Kier molecular flexibility index (Phi) is 3.27.